The highest BCUT2D eigenvalue weighted by Crippen LogP contribution is 2.49. The Morgan fingerprint density at radius 1 is 1.21 bits per heavy atom. The van der Waals surface area contributed by atoms with Gasteiger partial charge in [0.05, 0.1) is 6.61 Å². The molecular formula is C20H23FNO6P. The van der Waals surface area contributed by atoms with Crippen LogP contribution in [0.4, 0.5) is 4.39 Å². The molecule has 0 bridgehead atoms. The zero-order valence-corrected chi connectivity index (χ0v) is 16.9. The molecule has 0 saturated carbocycles. The summed E-state index contributed by atoms with van der Waals surface area (Å²) in [5, 5.41) is 0. The van der Waals surface area contributed by atoms with Gasteiger partial charge in [0.15, 0.2) is 11.5 Å². The number of piperidine rings is 1. The van der Waals surface area contributed by atoms with Crippen LogP contribution in [0.5, 0.6) is 17.2 Å². The number of nitrogens with zero attached hydrogens (tertiary/aromatic N) is 1. The van der Waals surface area contributed by atoms with Crippen LogP contribution in [0.25, 0.3) is 0 Å². The Labute approximate surface area is 168 Å². The topological polar surface area (TPSA) is 77.5 Å². The lowest BCUT2D eigenvalue weighted by Crippen LogP contribution is -2.40. The van der Waals surface area contributed by atoms with Crippen molar-refractivity contribution in [1.29, 1.82) is 0 Å². The van der Waals surface area contributed by atoms with E-state index in [2.05, 4.69) is 0 Å². The summed E-state index contributed by atoms with van der Waals surface area (Å²) in [4.78, 5) is 10.1. The third-order valence-corrected chi connectivity index (χ3v) is 6.97. The van der Waals surface area contributed by atoms with Gasteiger partial charge in [-0.1, -0.05) is 12.1 Å². The first kappa shape index (κ1) is 20.2. The maximum absolute atomic E-state index is 13.4. The highest BCUT2D eigenvalue weighted by atomic mass is 31.2. The minimum Gasteiger partial charge on any atom is -0.493 e. The summed E-state index contributed by atoms with van der Waals surface area (Å²) in [6, 6.07) is 11.7. The molecule has 0 radical (unpaired) electrons. The minimum atomic E-state index is -3.84. The predicted octanol–water partition coefficient (Wildman–Crippen LogP) is 3.79. The van der Waals surface area contributed by atoms with Crippen LogP contribution in [0.1, 0.15) is 17.9 Å². The lowest BCUT2D eigenvalue weighted by atomic mass is 9.81. The molecule has 2 heterocycles. The largest absolute Gasteiger partial charge is 0.493 e. The highest BCUT2D eigenvalue weighted by Gasteiger charge is 2.38. The lowest BCUT2D eigenvalue weighted by molar-refractivity contribution is 0.132. The van der Waals surface area contributed by atoms with Crippen molar-refractivity contribution in [3.8, 4) is 17.2 Å². The van der Waals surface area contributed by atoms with Crippen molar-refractivity contribution in [1.82, 2.24) is 4.67 Å². The molecule has 4 rings (SSSR count). The van der Waals surface area contributed by atoms with Crippen LogP contribution in [0, 0.1) is 11.7 Å². The van der Waals surface area contributed by atoms with Gasteiger partial charge in [-0.25, -0.2) is 13.6 Å². The number of benzene rings is 2. The third-order valence-electron chi connectivity index (χ3n) is 5.41. The summed E-state index contributed by atoms with van der Waals surface area (Å²) >= 11 is 0. The van der Waals surface area contributed by atoms with Gasteiger partial charge in [0.1, 0.15) is 11.6 Å². The predicted molar refractivity (Wildman–Crippen MR) is 104 cm³/mol. The average Bonchev–Trinajstić information content (AvgIpc) is 3.20. The van der Waals surface area contributed by atoms with Gasteiger partial charge >= 0.3 is 7.75 Å². The van der Waals surface area contributed by atoms with Gasteiger partial charge in [-0.3, -0.25) is 0 Å². The first-order valence-electron chi connectivity index (χ1n) is 9.38. The Bertz CT molecular complexity index is 908. The summed E-state index contributed by atoms with van der Waals surface area (Å²) in [6.45, 7) is 1.24. The fourth-order valence-electron chi connectivity index (χ4n) is 3.85. The molecule has 2 aliphatic heterocycles. The van der Waals surface area contributed by atoms with Crippen molar-refractivity contribution >= 4 is 7.75 Å². The summed E-state index contributed by atoms with van der Waals surface area (Å²) < 4.78 is 48.6. The number of halogens is 1. The molecule has 9 heteroatoms. The van der Waals surface area contributed by atoms with Gasteiger partial charge < -0.3 is 23.6 Å². The highest BCUT2D eigenvalue weighted by molar-refractivity contribution is 7.50. The Kier molecular flexibility index (Phi) is 5.79. The zero-order chi connectivity index (χ0) is 20.4. The molecule has 7 nitrogen and oxygen atoms in total. The molecule has 3 unspecified atom stereocenters. The molecule has 1 fully saturated rings. The SMILES string of the molecule is COP(=O)(O)N1CCC(c2ccc(F)cc2)C(COc2ccc3c(c2)OCO3)C1. The molecular weight excluding hydrogens is 400 g/mol. The van der Waals surface area contributed by atoms with E-state index < -0.39 is 7.75 Å². The van der Waals surface area contributed by atoms with E-state index in [1.54, 1.807) is 30.3 Å². The summed E-state index contributed by atoms with van der Waals surface area (Å²) in [5.74, 6) is 1.61. The Hall–Kier alpha value is -2.12. The first-order chi connectivity index (χ1) is 14.0. The van der Waals surface area contributed by atoms with Gasteiger partial charge in [0.25, 0.3) is 0 Å². The van der Waals surface area contributed by atoms with Crippen molar-refractivity contribution in [3.05, 3.63) is 53.8 Å². The maximum atomic E-state index is 13.4. The van der Waals surface area contributed by atoms with E-state index in [0.29, 0.717) is 43.4 Å². The molecule has 2 aromatic carbocycles. The lowest BCUT2D eigenvalue weighted by Gasteiger charge is -2.39. The van der Waals surface area contributed by atoms with Crippen LogP contribution in [0.15, 0.2) is 42.5 Å². The fourth-order valence-corrected chi connectivity index (χ4v) is 4.86. The Morgan fingerprint density at radius 2 is 1.97 bits per heavy atom. The zero-order valence-electron chi connectivity index (χ0n) is 16.0. The first-order valence-corrected chi connectivity index (χ1v) is 10.9. The van der Waals surface area contributed by atoms with Crippen molar-refractivity contribution in [3.63, 3.8) is 0 Å². The third kappa shape index (κ3) is 4.41. The molecule has 0 aromatic heterocycles. The molecule has 2 aromatic rings. The van der Waals surface area contributed by atoms with E-state index >= 15 is 0 Å². The molecule has 3 atom stereocenters. The van der Waals surface area contributed by atoms with E-state index in [-0.39, 0.29) is 24.4 Å². The van der Waals surface area contributed by atoms with Crippen LogP contribution in [0.2, 0.25) is 0 Å². The van der Waals surface area contributed by atoms with Gasteiger partial charge in [-0.2, -0.15) is 0 Å². The van der Waals surface area contributed by atoms with Crippen molar-refractivity contribution in [2.75, 3.05) is 33.6 Å². The molecule has 0 aliphatic carbocycles. The van der Waals surface area contributed by atoms with Crippen LogP contribution < -0.4 is 14.2 Å². The van der Waals surface area contributed by atoms with Crippen LogP contribution in [-0.2, 0) is 9.09 Å². The Morgan fingerprint density at radius 3 is 2.72 bits per heavy atom. The number of fused-ring (bicyclic) bond motifs is 1. The van der Waals surface area contributed by atoms with E-state index in [9.17, 15) is 13.8 Å². The van der Waals surface area contributed by atoms with E-state index in [1.165, 1.54) is 23.9 Å². The second-order valence-corrected chi connectivity index (χ2v) is 9.03. The summed E-state index contributed by atoms with van der Waals surface area (Å²) in [5.41, 5.74) is 0.982. The molecule has 1 saturated heterocycles. The summed E-state index contributed by atoms with van der Waals surface area (Å²) in [7, 11) is -2.61. The van der Waals surface area contributed by atoms with Gasteiger partial charge in [-0.15, -0.1) is 0 Å². The average molecular weight is 423 g/mol. The van der Waals surface area contributed by atoms with E-state index in [0.717, 1.165) is 5.56 Å². The molecule has 0 amide bonds. The molecule has 2 aliphatic rings. The van der Waals surface area contributed by atoms with Gasteiger partial charge in [-0.05, 0) is 42.2 Å². The molecule has 156 valence electrons. The fraction of sp³-hybridized carbons (Fsp3) is 0.400. The minimum absolute atomic E-state index is 0.0673. The maximum Gasteiger partial charge on any atom is 0.405 e. The monoisotopic (exact) mass is 423 g/mol. The van der Waals surface area contributed by atoms with Crippen molar-refractivity contribution in [2.45, 2.75) is 12.3 Å². The Balaban J connectivity index is 1.52. The quantitative estimate of drug-likeness (QED) is 0.709. The van der Waals surface area contributed by atoms with E-state index in [1.807, 2.05) is 0 Å². The van der Waals surface area contributed by atoms with Crippen LogP contribution in [-0.4, -0.2) is 43.2 Å². The van der Waals surface area contributed by atoms with Crippen molar-refractivity contribution in [2.24, 2.45) is 5.92 Å². The second kappa shape index (κ2) is 8.32. The standard InChI is InChI=1S/C20H23FNO6P/c1-25-29(23,24)22-9-8-18(14-2-4-16(21)5-3-14)15(11-22)12-26-17-6-7-19-20(10-17)28-13-27-19/h2-7,10,15,18H,8-9,11-13H2,1H3,(H,23,24). The van der Waals surface area contributed by atoms with Crippen LogP contribution >= 0.6 is 7.75 Å². The van der Waals surface area contributed by atoms with Gasteiger partial charge in [0.2, 0.25) is 6.79 Å². The molecule has 1 N–H and O–H groups in total. The number of ether oxygens (including phenoxy) is 3. The van der Waals surface area contributed by atoms with Crippen LogP contribution in [0.3, 0.4) is 0 Å². The number of hydrogen-bond acceptors (Lipinski definition) is 5. The second-order valence-electron chi connectivity index (χ2n) is 7.12. The number of rotatable bonds is 6. The normalized spacial score (nSPS) is 23.6. The molecule has 0 spiro atoms. The van der Waals surface area contributed by atoms with Gasteiger partial charge in [0, 0.05) is 32.2 Å². The van der Waals surface area contributed by atoms with Crippen molar-refractivity contribution < 1.29 is 32.6 Å². The summed E-state index contributed by atoms with van der Waals surface area (Å²) in [6.07, 6.45) is 0.634. The smallest absolute Gasteiger partial charge is 0.405 e. The molecule has 29 heavy (non-hydrogen) atoms. The number of hydrogen-bond donors (Lipinski definition) is 1. The van der Waals surface area contributed by atoms with E-state index in [4.69, 9.17) is 18.7 Å².